The summed E-state index contributed by atoms with van der Waals surface area (Å²) in [6.07, 6.45) is 1.74. The Morgan fingerprint density at radius 3 is 2.75 bits per heavy atom. The van der Waals surface area contributed by atoms with Gasteiger partial charge in [-0.25, -0.2) is 0 Å². The van der Waals surface area contributed by atoms with Gasteiger partial charge in [0.1, 0.15) is 0 Å². The predicted molar refractivity (Wildman–Crippen MR) is 64.2 cm³/mol. The molecule has 1 aliphatic rings. The third-order valence-electron chi connectivity index (χ3n) is 3.38. The highest BCUT2D eigenvalue weighted by atomic mass is 16.3. The Hall–Kier alpha value is -0.610. The zero-order valence-corrected chi connectivity index (χ0v) is 10.6. The van der Waals surface area contributed by atoms with Crippen molar-refractivity contribution in [1.82, 2.24) is 9.80 Å². The van der Waals surface area contributed by atoms with Gasteiger partial charge in [0.25, 0.3) is 0 Å². The smallest absolute Gasteiger partial charge is 0.222 e. The van der Waals surface area contributed by atoms with E-state index >= 15 is 0 Å². The molecule has 1 saturated heterocycles. The summed E-state index contributed by atoms with van der Waals surface area (Å²) >= 11 is 0. The number of hydrogen-bond acceptors (Lipinski definition) is 3. The minimum atomic E-state index is -0.376. The maximum atomic E-state index is 11.9. The number of nitrogens with zero attached hydrogens (tertiary/aromatic N) is 2. The quantitative estimate of drug-likeness (QED) is 0.770. The second-order valence-corrected chi connectivity index (χ2v) is 4.77. The number of carbonyl (C=O) groups excluding carboxylic acids is 1. The van der Waals surface area contributed by atoms with E-state index in [0.717, 1.165) is 26.1 Å². The van der Waals surface area contributed by atoms with Crippen molar-refractivity contribution in [3.05, 3.63) is 0 Å². The third kappa shape index (κ3) is 3.76. The summed E-state index contributed by atoms with van der Waals surface area (Å²) in [6, 6.07) is 0.490. The van der Waals surface area contributed by atoms with Crippen molar-refractivity contribution < 1.29 is 9.90 Å². The van der Waals surface area contributed by atoms with Crippen molar-refractivity contribution in [2.24, 2.45) is 0 Å². The first kappa shape index (κ1) is 13.5. The second-order valence-electron chi connectivity index (χ2n) is 4.77. The molecule has 4 heteroatoms. The number of likely N-dealkylation sites (N-methyl/N-ethyl adjacent to an activating group) is 1. The molecule has 1 heterocycles. The van der Waals surface area contributed by atoms with Crippen LogP contribution in [0, 0.1) is 0 Å². The fraction of sp³-hybridized carbons (Fsp3) is 0.917. The molecule has 94 valence electrons. The van der Waals surface area contributed by atoms with Gasteiger partial charge in [-0.1, -0.05) is 6.92 Å². The second kappa shape index (κ2) is 6.21. The molecule has 0 aromatic heterocycles. The van der Waals surface area contributed by atoms with Gasteiger partial charge in [0, 0.05) is 32.1 Å². The minimum absolute atomic E-state index is 0.187. The van der Waals surface area contributed by atoms with Crippen LogP contribution in [0.2, 0.25) is 0 Å². The Labute approximate surface area is 98.2 Å². The van der Waals surface area contributed by atoms with E-state index in [0.29, 0.717) is 18.9 Å². The highest BCUT2D eigenvalue weighted by Crippen LogP contribution is 2.12. The number of carbonyl (C=O) groups is 1. The Bertz CT molecular complexity index is 231. The van der Waals surface area contributed by atoms with Crippen LogP contribution in [0.4, 0.5) is 0 Å². The molecule has 0 bridgehead atoms. The summed E-state index contributed by atoms with van der Waals surface area (Å²) in [5.74, 6) is 0.187. The van der Waals surface area contributed by atoms with E-state index in [1.165, 1.54) is 0 Å². The first-order valence-electron chi connectivity index (χ1n) is 6.20. The first-order valence-corrected chi connectivity index (χ1v) is 6.20. The first-order chi connectivity index (χ1) is 7.54. The zero-order valence-electron chi connectivity index (χ0n) is 10.6. The average Bonchev–Trinajstić information content (AvgIpc) is 2.26. The highest BCUT2D eigenvalue weighted by molar-refractivity contribution is 5.76. The number of amides is 1. The van der Waals surface area contributed by atoms with Crippen molar-refractivity contribution in [2.45, 2.75) is 45.3 Å². The summed E-state index contributed by atoms with van der Waals surface area (Å²) in [5.41, 5.74) is 0. The van der Waals surface area contributed by atoms with Gasteiger partial charge in [0.2, 0.25) is 5.91 Å². The lowest BCUT2D eigenvalue weighted by Gasteiger charge is -2.39. The molecule has 1 amide bonds. The Balaban J connectivity index is 2.39. The maximum Gasteiger partial charge on any atom is 0.222 e. The molecule has 4 nitrogen and oxygen atoms in total. The lowest BCUT2D eigenvalue weighted by Crippen LogP contribution is -2.53. The molecule has 0 aromatic carbocycles. The van der Waals surface area contributed by atoms with Crippen LogP contribution in [-0.4, -0.2) is 59.6 Å². The van der Waals surface area contributed by atoms with Gasteiger partial charge in [0.15, 0.2) is 0 Å². The van der Waals surface area contributed by atoms with Crippen LogP contribution in [0.15, 0.2) is 0 Å². The van der Waals surface area contributed by atoms with Gasteiger partial charge in [0.05, 0.1) is 6.10 Å². The summed E-state index contributed by atoms with van der Waals surface area (Å²) in [7, 11) is 2.12. The van der Waals surface area contributed by atoms with Crippen LogP contribution in [-0.2, 0) is 4.79 Å². The molecule has 2 unspecified atom stereocenters. The predicted octanol–water partition coefficient (Wildman–Crippen LogP) is 0.700. The van der Waals surface area contributed by atoms with Crippen LogP contribution >= 0.6 is 0 Å². The van der Waals surface area contributed by atoms with E-state index in [2.05, 4.69) is 18.9 Å². The molecule has 0 radical (unpaired) electrons. The Morgan fingerprint density at radius 2 is 2.19 bits per heavy atom. The van der Waals surface area contributed by atoms with E-state index in [1.807, 2.05) is 4.90 Å². The lowest BCUT2D eigenvalue weighted by atomic mass is 10.1. The number of aliphatic hydroxyl groups excluding tert-OH is 1. The summed E-state index contributed by atoms with van der Waals surface area (Å²) < 4.78 is 0. The highest BCUT2D eigenvalue weighted by Gasteiger charge is 2.25. The minimum Gasteiger partial charge on any atom is -0.393 e. The van der Waals surface area contributed by atoms with Gasteiger partial charge >= 0.3 is 0 Å². The van der Waals surface area contributed by atoms with Gasteiger partial charge in [-0.3, -0.25) is 9.69 Å². The molecule has 0 aromatic rings. The van der Waals surface area contributed by atoms with Gasteiger partial charge in [-0.2, -0.15) is 0 Å². The van der Waals surface area contributed by atoms with Crippen molar-refractivity contribution in [2.75, 3.05) is 26.7 Å². The van der Waals surface area contributed by atoms with Crippen molar-refractivity contribution >= 4 is 5.91 Å². The Morgan fingerprint density at radius 1 is 1.50 bits per heavy atom. The SMILES string of the molecule is CCC1CN(C(=O)CCC(C)O)CCN1C. The maximum absolute atomic E-state index is 11.9. The fourth-order valence-electron chi connectivity index (χ4n) is 2.10. The van der Waals surface area contributed by atoms with E-state index in [1.54, 1.807) is 6.92 Å². The Kier molecular flexibility index (Phi) is 5.22. The third-order valence-corrected chi connectivity index (χ3v) is 3.38. The summed E-state index contributed by atoms with van der Waals surface area (Å²) in [4.78, 5) is 16.1. The van der Waals surface area contributed by atoms with Crippen LogP contribution < -0.4 is 0 Å². The van der Waals surface area contributed by atoms with E-state index in [9.17, 15) is 4.79 Å². The monoisotopic (exact) mass is 228 g/mol. The van der Waals surface area contributed by atoms with Gasteiger partial charge in [-0.15, -0.1) is 0 Å². The largest absolute Gasteiger partial charge is 0.393 e. The summed E-state index contributed by atoms with van der Waals surface area (Å²) in [5, 5.41) is 9.16. The van der Waals surface area contributed by atoms with Crippen LogP contribution in [0.1, 0.15) is 33.1 Å². The molecule has 1 N–H and O–H groups in total. The van der Waals surface area contributed by atoms with Crippen molar-refractivity contribution in [1.29, 1.82) is 0 Å². The van der Waals surface area contributed by atoms with Crippen molar-refractivity contribution in [3.8, 4) is 0 Å². The standard InChI is InChI=1S/C12H24N2O2/c1-4-11-9-14(8-7-13(11)3)12(16)6-5-10(2)15/h10-11,15H,4-9H2,1-3H3. The molecule has 0 spiro atoms. The summed E-state index contributed by atoms with van der Waals surface area (Å²) in [6.45, 7) is 6.51. The molecule has 2 atom stereocenters. The number of piperazine rings is 1. The zero-order chi connectivity index (χ0) is 12.1. The van der Waals surface area contributed by atoms with Gasteiger partial charge in [-0.05, 0) is 26.8 Å². The fourth-order valence-corrected chi connectivity index (χ4v) is 2.10. The molecule has 1 rings (SSSR count). The molecule has 1 fully saturated rings. The topological polar surface area (TPSA) is 43.8 Å². The van der Waals surface area contributed by atoms with Crippen LogP contribution in [0.25, 0.3) is 0 Å². The normalized spacial score (nSPS) is 24.5. The number of aliphatic hydroxyl groups is 1. The van der Waals surface area contributed by atoms with Crippen molar-refractivity contribution in [3.63, 3.8) is 0 Å². The average molecular weight is 228 g/mol. The number of hydrogen-bond donors (Lipinski definition) is 1. The number of rotatable bonds is 4. The lowest BCUT2D eigenvalue weighted by molar-refractivity contribution is -0.134. The molecular weight excluding hydrogens is 204 g/mol. The molecule has 16 heavy (non-hydrogen) atoms. The molecule has 1 aliphatic heterocycles. The van der Waals surface area contributed by atoms with Gasteiger partial charge < -0.3 is 10.0 Å². The van der Waals surface area contributed by atoms with Crippen LogP contribution in [0.5, 0.6) is 0 Å². The van der Waals surface area contributed by atoms with E-state index in [-0.39, 0.29) is 12.0 Å². The van der Waals surface area contributed by atoms with E-state index in [4.69, 9.17) is 5.11 Å². The molecule has 0 aliphatic carbocycles. The molecule has 0 saturated carbocycles. The molecular formula is C12H24N2O2. The van der Waals surface area contributed by atoms with E-state index < -0.39 is 0 Å². The van der Waals surface area contributed by atoms with Crippen LogP contribution in [0.3, 0.4) is 0 Å².